The van der Waals surface area contributed by atoms with Crippen LogP contribution < -0.4 is 0 Å². The highest BCUT2D eigenvalue weighted by atomic mass is 19.1. The van der Waals surface area contributed by atoms with Crippen LogP contribution >= 0.6 is 0 Å². The topological polar surface area (TPSA) is 40.9 Å². The highest BCUT2D eigenvalue weighted by Gasteiger charge is 2.43. The summed E-state index contributed by atoms with van der Waals surface area (Å²) in [7, 11) is 0. The Morgan fingerprint density at radius 2 is 2.14 bits per heavy atom. The predicted octanol–water partition coefficient (Wildman–Crippen LogP) is 2.05. The van der Waals surface area contributed by atoms with Crippen molar-refractivity contribution < 1.29 is 9.18 Å². The van der Waals surface area contributed by atoms with Gasteiger partial charge in [0.15, 0.2) is 0 Å². The molecule has 0 bridgehead atoms. The van der Waals surface area contributed by atoms with Crippen LogP contribution in [0.5, 0.6) is 0 Å². The van der Waals surface area contributed by atoms with Crippen molar-refractivity contribution in [1.29, 1.82) is 5.26 Å². The second-order valence-corrected chi connectivity index (χ2v) is 3.40. The van der Waals surface area contributed by atoms with E-state index in [1.54, 1.807) is 18.2 Å². The Kier molecular flexibility index (Phi) is 1.85. The first-order valence-corrected chi connectivity index (χ1v) is 4.40. The Labute approximate surface area is 81.0 Å². The molecule has 70 valence electrons. The van der Waals surface area contributed by atoms with E-state index in [2.05, 4.69) is 0 Å². The lowest BCUT2D eigenvalue weighted by Crippen LogP contribution is -2.36. The van der Waals surface area contributed by atoms with E-state index < -0.39 is 11.5 Å². The van der Waals surface area contributed by atoms with E-state index >= 15 is 0 Å². The van der Waals surface area contributed by atoms with E-state index in [0.717, 1.165) is 5.56 Å². The van der Waals surface area contributed by atoms with Gasteiger partial charge in [-0.3, -0.25) is 4.79 Å². The molecular formula is C11H8FNO. The number of alkyl halides is 1. The van der Waals surface area contributed by atoms with E-state index in [0.29, 0.717) is 12.0 Å². The van der Waals surface area contributed by atoms with Crippen molar-refractivity contribution in [2.75, 3.05) is 0 Å². The van der Waals surface area contributed by atoms with Gasteiger partial charge in [0, 0.05) is 12.0 Å². The number of carbonyl (C=O) groups excluding carboxylic acids is 1. The Balaban J connectivity index is 2.53. The summed E-state index contributed by atoms with van der Waals surface area (Å²) in [5.41, 5.74) is -1.13. The molecule has 1 aromatic rings. The van der Waals surface area contributed by atoms with E-state index in [9.17, 15) is 9.18 Å². The Morgan fingerprint density at radius 1 is 1.43 bits per heavy atom. The first-order chi connectivity index (χ1) is 6.67. The SMILES string of the molecule is N#C[C@]1(F)CCc2ccccc2C1=O. The second-order valence-electron chi connectivity index (χ2n) is 3.40. The number of nitrogens with zero attached hydrogens (tertiary/aromatic N) is 1. The number of benzene rings is 1. The lowest BCUT2D eigenvalue weighted by Gasteiger charge is -2.23. The zero-order valence-electron chi connectivity index (χ0n) is 7.46. The number of Topliss-reactive ketones (excluding diaryl/α,β-unsaturated/α-hetero) is 1. The van der Waals surface area contributed by atoms with Gasteiger partial charge < -0.3 is 0 Å². The third-order valence-corrected chi connectivity index (χ3v) is 2.54. The summed E-state index contributed by atoms with van der Waals surface area (Å²) in [6.07, 6.45) is 0.422. The van der Waals surface area contributed by atoms with Crippen molar-refractivity contribution in [3.63, 3.8) is 0 Å². The Bertz CT molecular complexity index is 435. The molecule has 0 saturated carbocycles. The zero-order chi connectivity index (χ0) is 10.2. The number of nitriles is 1. The van der Waals surface area contributed by atoms with E-state index in [-0.39, 0.29) is 6.42 Å². The number of hydrogen-bond donors (Lipinski definition) is 0. The molecule has 0 saturated heterocycles. The van der Waals surface area contributed by atoms with Gasteiger partial charge in [-0.25, -0.2) is 4.39 Å². The van der Waals surface area contributed by atoms with Crippen LogP contribution in [0.4, 0.5) is 4.39 Å². The number of ketones is 1. The van der Waals surface area contributed by atoms with Crippen LogP contribution in [0.1, 0.15) is 22.3 Å². The average molecular weight is 189 g/mol. The quantitative estimate of drug-likeness (QED) is 0.626. The minimum absolute atomic E-state index is 0.0284. The summed E-state index contributed by atoms with van der Waals surface area (Å²) < 4.78 is 13.7. The molecule has 1 aromatic carbocycles. The smallest absolute Gasteiger partial charge is 0.258 e. The Hall–Kier alpha value is -1.69. The number of fused-ring (bicyclic) bond motifs is 1. The van der Waals surface area contributed by atoms with Crippen LogP contribution in [-0.2, 0) is 6.42 Å². The second kappa shape index (κ2) is 2.91. The molecule has 2 rings (SSSR count). The molecule has 1 aliphatic carbocycles. The Morgan fingerprint density at radius 3 is 2.86 bits per heavy atom. The van der Waals surface area contributed by atoms with Gasteiger partial charge in [-0.05, 0) is 12.0 Å². The number of halogens is 1. The summed E-state index contributed by atoms with van der Waals surface area (Å²) in [5.74, 6) is -0.693. The van der Waals surface area contributed by atoms with Gasteiger partial charge in [0.1, 0.15) is 6.07 Å². The fourth-order valence-corrected chi connectivity index (χ4v) is 1.70. The molecule has 14 heavy (non-hydrogen) atoms. The number of carbonyl (C=O) groups is 1. The highest BCUT2D eigenvalue weighted by Crippen LogP contribution is 2.30. The number of hydrogen-bond acceptors (Lipinski definition) is 2. The summed E-state index contributed by atoms with van der Waals surface area (Å²) >= 11 is 0. The summed E-state index contributed by atoms with van der Waals surface area (Å²) in [5, 5.41) is 8.60. The van der Waals surface area contributed by atoms with Crippen LogP contribution in [0.2, 0.25) is 0 Å². The molecule has 1 aliphatic rings. The van der Waals surface area contributed by atoms with Crippen LogP contribution in [0, 0.1) is 11.3 Å². The molecule has 0 aromatic heterocycles. The third-order valence-electron chi connectivity index (χ3n) is 2.54. The minimum Gasteiger partial charge on any atom is -0.289 e. The maximum Gasteiger partial charge on any atom is 0.258 e. The van der Waals surface area contributed by atoms with Gasteiger partial charge in [0.05, 0.1) is 0 Å². The molecule has 0 heterocycles. The molecule has 0 unspecified atom stereocenters. The molecular weight excluding hydrogens is 181 g/mol. The first-order valence-electron chi connectivity index (χ1n) is 4.40. The maximum absolute atomic E-state index is 13.7. The maximum atomic E-state index is 13.7. The lowest BCUT2D eigenvalue weighted by molar-refractivity contribution is 0.0758. The predicted molar refractivity (Wildman–Crippen MR) is 48.5 cm³/mol. The van der Waals surface area contributed by atoms with Crippen molar-refractivity contribution in [2.24, 2.45) is 0 Å². The van der Waals surface area contributed by atoms with Crippen molar-refractivity contribution in [3.8, 4) is 6.07 Å². The molecule has 2 nitrogen and oxygen atoms in total. The van der Waals surface area contributed by atoms with Gasteiger partial charge in [-0.2, -0.15) is 5.26 Å². The van der Waals surface area contributed by atoms with Gasteiger partial charge in [0.2, 0.25) is 5.78 Å². The summed E-state index contributed by atoms with van der Waals surface area (Å²) in [6.45, 7) is 0. The number of aryl methyl sites for hydroxylation is 1. The van der Waals surface area contributed by atoms with Crippen molar-refractivity contribution in [2.45, 2.75) is 18.5 Å². The average Bonchev–Trinajstić information content (AvgIpc) is 2.24. The molecule has 0 spiro atoms. The van der Waals surface area contributed by atoms with Crippen LogP contribution in [0.25, 0.3) is 0 Å². The largest absolute Gasteiger partial charge is 0.289 e. The monoisotopic (exact) mass is 189 g/mol. The molecule has 1 atom stereocenters. The normalized spacial score (nSPS) is 25.3. The van der Waals surface area contributed by atoms with Crippen LogP contribution in [-0.4, -0.2) is 11.5 Å². The fraction of sp³-hybridized carbons (Fsp3) is 0.273. The van der Waals surface area contributed by atoms with Crippen molar-refractivity contribution >= 4 is 5.78 Å². The molecule has 0 aliphatic heterocycles. The van der Waals surface area contributed by atoms with Crippen LogP contribution in [0.3, 0.4) is 0 Å². The fourth-order valence-electron chi connectivity index (χ4n) is 1.70. The molecule has 0 N–H and O–H groups in total. The van der Waals surface area contributed by atoms with Crippen molar-refractivity contribution in [1.82, 2.24) is 0 Å². The van der Waals surface area contributed by atoms with Gasteiger partial charge >= 0.3 is 0 Å². The molecule has 0 fully saturated rings. The standard InChI is InChI=1S/C11H8FNO/c12-11(7-13)6-5-8-3-1-2-4-9(8)10(11)14/h1-4H,5-6H2/t11-/m1/s1. The highest BCUT2D eigenvalue weighted by molar-refractivity contribution is 6.06. The van der Waals surface area contributed by atoms with Gasteiger partial charge in [0.25, 0.3) is 5.67 Å². The zero-order valence-corrected chi connectivity index (χ0v) is 7.46. The molecule has 0 radical (unpaired) electrons. The summed E-state index contributed by atoms with van der Waals surface area (Å²) in [4.78, 5) is 11.6. The van der Waals surface area contributed by atoms with E-state index in [1.807, 2.05) is 6.07 Å². The summed E-state index contributed by atoms with van der Waals surface area (Å²) in [6, 6.07) is 8.31. The molecule has 3 heteroatoms. The van der Waals surface area contributed by atoms with E-state index in [4.69, 9.17) is 5.26 Å². The lowest BCUT2D eigenvalue weighted by atomic mass is 9.81. The minimum atomic E-state index is -2.31. The number of rotatable bonds is 0. The van der Waals surface area contributed by atoms with Gasteiger partial charge in [-0.15, -0.1) is 0 Å². The van der Waals surface area contributed by atoms with Gasteiger partial charge in [-0.1, -0.05) is 24.3 Å². The molecule has 0 amide bonds. The van der Waals surface area contributed by atoms with Crippen LogP contribution in [0.15, 0.2) is 24.3 Å². The van der Waals surface area contributed by atoms with Crippen molar-refractivity contribution in [3.05, 3.63) is 35.4 Å². The first kappa shape index (κ1) is 8.89. The third kappa shape index (κ3) is 1.12. The van der Waals surface area contributed by atoms with E-state index in [1.165, 1.54) is 6.07 Å².